The van der Waals surface area contributed by atoms with E-state index in [1.54, 1.807) is 7.11 Å². The van der Waals surface area contributed by atoms with E-state index in [0.717, 1.165) is 38.3 Å². The number of aryl methyl sites for hydroxylation is 1. The lowest BCUT2D eigenvalue weighted by molar-refractivity contribution is 0.407. The Morgan fingerprint density at radius 2 is 1.88 bits per heavy atom. The molecule has 0 amide bonds. The molecule has 96 valence electrons. The summed E-state index contributed by atoms with van der Waals surface area (Å²) in [7, 11) is 1.73. The van der Waals surface area contributed by atoms with Gasteiger partial charge >= 0.3 is 0 Å². The van der Waals surface area contributed by atoms with Gasteiger partial charge in [-0.2, -0.15) is 0 Å². The second kappa shape index (κ2) is 8.09. The molecule has 0 fully saturated rings. The normalized spacial score (nSPS) is 10.5. The van der Waals surface area contributed by atoms with Crippen molar-refractivity contribution >= 4 is 0 Å². The SMILES string of the molecule is CCNCCNCc1cc(CC)ccc1OC. The van der Waals surface area contributed by atoms with Gasteiger partial charge < -0.3 is 15.4 Å². The predicted octanol–water partition coefficient (Wildman–Crippen LogP) is 1.96. The van der Waals surface area contributed by atoms with Crippen molar-refractivity contribution < 1.29 is 4.74 Å². The van der Waals surface area contributed by atoms with E-state index in [-0.39, 0.29) is 0 Å². The molecule has 0 aromatic heterocycles. The molecular weight excluding hydrogens is 212 g/mol. The molecule has 0 heterocycles. The summed E-state index contributed by atoms with van der Waals surface area (Å²) in [5.41, 5.74) is 2.60. The number of hydrogen-bond acceptors (Lipinski definition) is 3. The summed E-state index contributed by atoms with van der Waals surface area (Å²) < 4.78 is 5.37. The highest BCUT2D eigenvalue weighted by atomic mass is 16.5. The maximum absolute atomic E-state index is 5.37. The Balaban J connectivity index is 2.49. The summed E-state index contributed by atoms with van der Waals surface area (Å²) in [5, 5.41) is 6.71. The van der Waals surface area contributed by atoms with Crippen LogP contribution < -0.4 is 15.4 Å². The van der Waals surface area contributed by atoms with Gasteiger partial charge in [0.05, 0.1) is 7.11 Å². The predicted molar refractivity (Wildman–Crippen MR) is 72.6 cm³/mol. The van der Waals surface area contributed by atoms with E-state index in [9.17, 15) is 0 Å². The number of benzene rings is 1. The molecule has 1 aromatic carbocycles. The van der Waals surface area contributed by atoms with Crippen LogP contribution in [0.5, 0.6) is 5.75 Å². The van der Waals surface area contributed by atoms with E-state index in [1.807, 2.05) is 0 Å². The molecule has 1 rings (SSSR count). The second-order valence-electron chi connectivity index (χ2n) is 4.03. The second-order valence-corrected chi connectivity index (χ2v) is 4.03. The molecule has 0 bridgehead atoms. The highest BCUT2D eigenvalue weighted by Crippen LogP contribution is 2.19. The zero-order valence-electron chi connectivity index (χ0n) is 11.2. The minimum Gasteiger partial charge on any atom is -0.496 e. The Morgan fingerprint density at radius 1 is 1.12 bits per heavy atom. The van der Waals surface area contributed by atoms with Crippen LogP contribution in [-0.4, -0.2) is 26.7 Å². The van der Waals surface area contributed by atoms with E-state index in [2.05, 4.69) is 42.7 Å². The first-order valence-corrected chi connectivity index (χ1v) is 6.39. The quantitative estimate of drug-likeness (QED) is 0.677. The zero-order valence-corrected chi connectivity index (χ0v) is 11.2. The van der Waals surface area contributed by atoms with E-state index < -0.39 is 0 Å². The summed E-state index contributed by atoms with van der Waals surface area (Å²) in [5.74, 6) is 0.971. The van der Waals surface area contributed by atoms with E-state index in [4.69, 9.17) is 4.74 Å². The molecule has 0 aliphatic rings. The van der Waals surface area contributed by atoms with Crippen molar-refractivity contribution in [2.24, 2.45) is 0 Å². The lowest BCUT2D eigenvalue weighted by atomic mass is 10.1. The number of rotatable bonds is 8. The third kappa shape index (κ3) is 4.75. The largest absolute Gasteiger partial charge is 0.496 e. The van der Waals surface area contributed by atoms with Crippen LogP contribution in [0, 0.1) is 0 Å². The van der Waals surface area contributed by atoms with Crippen molar-refractivity contribution in [2.45, 2.75) is 26.8 Å². The van der Waals surface area contributed by atoms with Crippen molar-refractivity contribution in [2.75, 3.05) is 26.7 Å². The van der Waals surface area contributed by atoms with Crippen molar-refractivity contribution in [3.05, 3.63) is 29.3 Å². The number of likely N-dealkylation sites (N-methyl/N-ethyl adjacent to an activating group) is 1. The Kier molecular flexibility index (Phi) is 6.67. The lowest BCUT2D eigenvalue weighted by Crippen LogP contribution is -2.26. The Labute approximate surface area is 105 Å². The van der Waals surface area contributed by atoms with Gasteiger partial charge in [0.2, 0.25) is 0 Å². The summed E-state index contributed by atoms with van der Waals surface area (Å²) >= 11 is 0. The molecule has 0 unspecified atom stereocenters. The van der Waals surface area contributed by atoms with Crippen LogP contribution in [0.15, 0.2) is 18.2 Å². The van der Waals surface area contributed by atoms with Crippen LogP contribution in [0.25, 0.3) is 0 Å². The maximum atomic E-state index is 5.37. The molecule has 2 N–H and O–H groups in total. The summed E-state index contributed by atoms with van der Waals surface area (Å²) in [6, 6.07) is 6.40. The van der Waals surface area contributed by atoms with Crippen LogP contribution in [0.4, 0.5) is 0 Å². The standard InChI is InChI=1S/C14H24N2O/c1-4-12-6-7-14(17-3)13(10-12)11-16-9-8-15-5-2/h6-7,10,15-16H,4-5,8-9,11H2,1-3H3. The first kappa shape index (κ1) is 14.0. The van der Waals surface area contributed by atoms with Crippen molar-refractivity contribution in [1.82, 2.24) is 10.6 Å². The number of methoxy groups -OCH3 is 1. The Bertz CT molecular complexity index is 326. The molecule has 1 aromatic rings. The molecule has 17 heavy (non-hydrogen) atoms. The molecule has 0 aliphatic carbocycles. The van der Waals surface area contributed by atoms with E-state index in [1.165, 1.54) is 11.1 Å². The molecular formula is C14H24N2O. The number of hydrogen-bond donors (Lipinski definition) is 2. The summed E-state index contributed by atoms with van der Waals surface area (Å²) in [4.78, 5) is 0. The van der Waals surface area contributed by atoms with Crippen LogP contribution in [-0.2, 0) is 13.0 Å². The molecule has 0 saturated heterocycles. The minimum atomic E-state index is 0.863. The molecule has 0 spiro atoms. The van der Waals surface area contributed by atoms with Gasteiger partial charge in [-0.25, -0.2) is 0 Å². The third-order valence-electron chi connectivity index (χ3n) is 2.80. The first-order chi connectivity index (χ1) is 8.31. The topological polar surface area (TPSA) is 33.3 Å². The lowest BCUT2D eigenvalue weighted by Gasteiger charge is -2.11. The average Bonchev–Trinajstić information content (AvgIpc) is 2.38. The fourth-order valence-corrected chi connectivity index (χ4v) is 1.77. The Morgan fingerprint density at radius 3 is 2.53 bits per heavy atom. The fourth-order valence-electron chi connectivity index (χ4n) is 1.77. The van der Waals surface area contributed by atoms with Gasteiger partial charge in [0.25, 0.3) is 0 Å². The highest BCUT2D eigenvalue weighted by Gasteiger charge is 2.03. The summed E-state index contributed by atoms with van der Waals surface area (Å²) in [6.45, 7) is 8.16. The van der Waals surface area contributed by atoms with E-state index in [0.29, 0.717) is 0 Å². The fraction of sp³-hybridized carbons (Fsp3) is 0.571. The van der Waals surface area contributed by atoms with Gasteiger partial charge in [-0.3, -0.25) is 0 Å². The molecule has 0 saturated carbocycles. The molecule has 0 aliphatic heterocycles. The van der Waals surface area contributed by atoms with Crippen LogP contribution >= 0.6 is 0 Å². The number of nitrogens with one attached hydrogen (secondary N) is 2. The molecule has 0 radical (unpaired) electrons. The smallest absolute Gasteiger partial charge is 0.123 e. The van der Waals surface area contributed by atoms with Gasteiger partial charge in [0.1, 0.15) is 5.75 Å². The van der Waals surface area contributed by atoms with Crippen LogP contribution in [0.1, 0.15) is 25.0 Å². The van der Waals surface area contributed by atoms with Gasteiger partial charge in [-0.1, -0.05) is 26.0 Å². The molecule has 3 heteroatoms. The maximum Gasteiger partial charge on any atom is 0.123 e. The van der Waals surface area contributed by atoms with Gasteiger partial charge in [-0.05, 0) is 24.6 Å². The minimum absolute atomic E-state index is 0.863. The van der Waals surface area contributed by atoms with Crippen molar-refractivity contribution in [3.8, 4) is 5.75 Å². The van der Waals surface area contributed by atoms with Crippen LogP contribution in [0.3, 0.4) is 0 Å². The van der Waals surface area contributed by atoms with Gasteiger partial charge in [0.15, 0.2) is 0 Å². The molecule has 3 nitrogen and oxygen atoms in total. The monoisotopic (exact) mass is 236 g/mol. The third-order valence-corrected chi connectivity index (χ3v) is 2.80. The van der Waals surface area contributed by atoms with Crippen LogP contribution in [0.2, 0.25) is 0 Å². The molecule has 0 atom stereocenters. The number of ether oxygens (including phenoxy) is 1. The van der Waals surface area contributed by atoms with Gasteiger partial charge in [0, 0.05) is 25.2 Å². The Hall–Kier alpha value is -1.06. The first-order valence-electron chi connectivity index (χ1n) is 6.39. The summed E-state index contributed by atoms with van der Waals surface area (Å²) in [6.07, 6.45) is 1.06. The van der Waals surface area contributed by atoms with Crippen molar-refractivity contribution in [3.63, 3.8) is 0 Å². The average molecular weight is 236 g/mol. The van der Waals surface area contributed by atoms with Crippen molar-refractivity contribution in [1.29, 1.82) is 0 Å². The van der Waals surface area contributed by atoms with Gasteiger partial charge in [-0.15, -0.1) is 0 Å². The van der Waals surface area contributed by atoms with E-state index >= 15 is 0 Å². The highest BCUT2D eigenvalue weighted by molar-refractivity contribution is 5.37. The zero-order chi connectivity index (χ0) is 12.5.